The summed E-state index contributed by atoms with van der Waals surface area (Å²) < 4.78 is 4.66. The Kier molecular flexibility index (Phi) is 4.45. The van der Waals surface area contributed by atoms with Gasteiger partial charge in [0.1, 0.15) is 12.1 Å². The number of hydrogen-bond acceptors (Lipinski definition) is 5. The number of ether oxygens (including phenoxy) is 1. The summed E-state index contributed by atoms with van der Waals surface area (Å²) in [4.78, 5) is 37.6. The number of imidazole rings is 1. The lowest BCUT2D eigenvalue weighted by Crippen LogP contribution is -2.50. The van der Waals surface area contributed by atoms with E-state index < -0.39 is 12.0 Å². The van der Waals surface area contributed by atoms with Crippen molar-refractivity contribution in [1.82, 2.24) is 25.2 Å². The third kappa shape index (κ3) is 2.94. The van der Waals surface area contributed by atoms with Crippen LogP contribution in [0.15, 0.2) is 30.9 Å². The zero-order valence-electron chi connectivity index (χ0n) is 13.5. The van der Waals surface area contributed by atoms with Crippen molar-refractivity contribution in [3.8, 4) is 0 Å². The molecule has 24 heavy (non-hydrogen) atoms. The minimum absolute atomic E-state index is 0.338. The van der Waals surface area contributed by atoms with Crippen LogP contribution in [-0.2, 0) is 16.0 Å². The molecule has 8 heteroatoms. The Bertz CT molecular complexity index is 730. The average molecular weight is 329 g/mol. The predicted octanol–water partition coefficient (Wildman–Crippen LogP) is 1.02. The van der Waals surface area contributed by atoms with E-state index in [1.807, 2.05) is 12.1 Å². The molecule has 1 aliphatic rings. The summed E-state index contributed by atoms with van der Waals surface area (Å²) >= 11 is 0. The molecule has 2 amide bonds. The number of methoxy groups -OCH3 is 1. The van der Waals surface area contributed by atoms with Gasteiger partial charge in [-0.05, 0) is 18.6 Å². The zero-order chi connectivity index (χ0) is 17.1. The zero-order valence-corrected chi connectivity index (χ0v) is 13.5. The number of nitrogens with zero attached hydrogens (tertiary/aromatic N) is 3. The van der Waals surface area contributed by atoms with Crippen LogP contribution < -0.4 is 5.32 Å². The van der Waals surface area contributed by atoms with Crippen molar-refractivity contribution in [3.05, 3.63) is 47.8 Å². The fourth-order valence-electron chi connectivity index (χ4n) is 2.87. The maximum absolute atomic E-state index is 12.7. The van der Waals surface area contributed by atoms with Crippen LogP contribution >= 0.6 is 0 Å². The molecular weight excluding hydrogens is 310 g/mol. The highest BCUT2D eigenvalue weighted by atomic mass is 16.5. The maximum atomic E-state index is 12.7. The van der Waals surface area contributed by atoms with Crippen LogP contribution in [0.3, 0.4) is 0 Å². The maximum Gasteiger partial charge on any atom is 0.328 e. The Morgan fingerprint density at radius 3 is 3.04 bits per heavy atom. The van der Waals surface area contributed by atoms with Gasteiger partial charge in [-0.25, -0.2) is 14.6 Å². The summed E-state index contributed by atoms with van der Waals surface area (Å²) in [5.74, 6) is -0.487. The number of rotatable bonds is 3. The van der Waals surface area contributed by atoms with Crippen LogP contribution in [0.2, 0.25) is 0 Å². The van der Waals surface area contributed by atoms with Crippen molar-refractivity contribution in [2.45, 2.75) is 25.4 Å². The van der Waals surface area contributed by atoms with Crippen molar-refractivity contribution in [2.24, 2.45) is 0 Å². The number of nitrogens with one attached hydrogen (secondary N) is 2. The van der Waals surface area contributed by atoms with Gasteiger partial charge in [-0.2, -0.15) is 0 Å². The van der Waals surface area contributed by atoms with Gasteiger partial charge in [0, 0.05) is 31.1 Å². The summed E-state index contributed by atoms with van der Waals surface area (Å²) in [7, 11) is 1.29. The van der Waals surface area contributed by atoms with Gasteiger partial charge in [-0.15, -0.1) is 0 Å². The third-order valence-corrected chi connectivity index (χ3v) is 4.08. The Morgan fingerprint density at radius 2 is 2.33 bits per heavy atom. The SMILES string of the molecule is COC(=O)C(C)NC(=O)N1CCc2[nH]cnc2C1c1cccnc1. The standard InChI is InChI=1S/C16H19N5O3/c1-10(15(22)24-2)20-16(23)21-7-5-12-13(19-9-18-12)14(21)11-4-3-6-17-8-11/h3-4,6,8-10,14H,5,7H2,1-2H3,(H,18,19)(H,20,23). The van der Waals surface area contributed by atoms with E-state index in [-0.39, 0.29) is 12.1 Å². The van der Waals surface area contributed by atoms with Gasteiger partial charge in [0.15, 0.2) is 0 Å². The molecule has 2 N–H and O–H groups in total. The molecule has 0 aliphatic carbocycles. The normalized spacial score (nSPS) is 17.8. The van der Waals surface area contributed by atoms with Gasteiger partial charge < -0.3 is 19.9 Å². The largest absolute Gasteiger partial charge is 0.467 e. The van der Waals surface area contributed by atoms with E-state index in [4.69, 9.17) is 0 Å². The topological polar surface area (TPSA) is 100 Å². The second kappa shape index (κ2) is 6.69. The van der Waals surface area contributed by atoms with E-state index in [2.05, 4.69) is 25.0 Å². The van der Waals surface area contributed by atoms with Crippen LogP contribution in [0, 0.1) is 0 Å². The van der Waals surface area contributed by atoms with Crippen LogP contribution in [-0.4, -0.2) is 51.5 Å². The van der Waals surface area contributed by atoms with Gasteiger partial charge in [-0.3, -0.25) is 4.98 Å². The average Bonchev–Trinajstić information content (AvgIpc) is 3.09. The first-order valence-electron chi connectivity index (χ1n) is 7.69. The Balaban J connectivity index is 1.89. The molecular formula is C16H19N5O3. The van der Waals surface area contributed by atoms with Crippen molar-refractivity contribution < 1.29 is 14.3 Å². The number of amides is 2. The first kappa shape index (κ1) is 16.0. The molecule has 3 heterocycles. The molecule has 2 unspecified atom stereocenters. The number of fused-ring (bicyclic) bond motifs is 1. The van der Waals surface area contributed by atoms with E-state index in [0.717, 1.165) is 17.0 Å². The van der Waals surface area contributed by atoms with Crippen LogP contribution in [0.1, 0.15) is 29.9 Å². The molecule has 0 aromatic carbocycles. The van der Waals surface area contributed by atoms with Crippen molar-refractivity contribution >= 4 is 12.0 Å². The fraction of sp³-hybridized carbons (Fsp3) is 0.375. The van der Waals surface area contributed by atoms with E-state index in [9.17, 15) is 9.59 Å². The minimum atomic E-state index is -0.724. The Morgan fingerprint density at radius 1 is 1.50 bits per heavy atom. The summed E-state index contributed by atoms with van der Waals surface area (Å²) in [5.41, 5.74) is 2.68. The van der Waals surface area contributed by atoms with Crippen molar-refractivity contribution in [1.29, 1.82) is 0 Å². The fourth-order valence-corrected chi connectivity index (χ4v) is 2.87. The van der Waals surface area contributed by atoms with Gasteiger partial charge in [0.25, 0.3) is 0 Å². The van der Waals surface area contributed by atoms with Gasteiger partial charge in [-0.1, -0.05) is 6.07 Å². The van der Waals surface area contributed by atoms with E-state index >= 15 is 0 Å². The molecule has 8 nitrogen and oxygen atoms in total. The second-order valence-corrected chi connectivity index (χ2v) is 5.59. The molecule has 0 saturated carbocycles. The number of esters is 1. The lowest BCUT2D eigenvalue weighted by Gasteiger charge is -2.35. The van der Waals surface area contributed by atoms with Gasteiger partial charge >= 0.3 is 12.0 Å². The molecule has 0 bridgehead atoms. The van der Waals surface area contributed by atoms with Crippen LogP contribution in [0.4, 0.5) is 4.79 Å². The molecule has 2 aromatic rings. The molecule has 0 radical (unpaired) electrons. The van der Waals surface area contributed by atoms with Crippen LogP contribution in [0.25, 0.3) is 0 Å². The molecule has 2 atom stereocenters. The number of H-pyrrole nitrogens is 1. The lowest BCUT2D eigenvalue weighted by atomic mass is 9.97. The summed E-state index contributed by atoms with van der Waals surface area (Å²) in [6, 6.07) is 2.32. The monoisotopic (exact) mass is 329 g/mol. The summed E-state index contributed by atoms with van der Waals surface area (Å²) in [5, 5.41) is 2.68. The molecule has 2 aromatic heterocycles. The van der Waals surface area contributed by atoms with Gasteiger partial charge in [0.2, 0.25) is 0 Å². The summed E-state index contributed by atoms with van der Waals surface area (Å²) in [6.07, 6.45) is 5.71. The second-order valence-electron chi connectivity index (χ2n) is 5.59. The predicted molar refractivity (Wildman–Crippen MR) is 85.1 cm³/mol. The highest BCUT2D eigenvalue weighted by Crippen LogP contribution is 2.32. The first-order valence-corrected chi connectivity index (χ1v) is 7.69. The number of carbonyl (C=O) groups is 2. The van der Waals surface area contributed by atoms with E-state index in [0.29, 0.717) is 13.0 Å². The molecule has 0 saturated heterocycles. The van der Waals surface area contributed by atoms with E-state index in [1.54, 1.807) is 30.5 Å². The molecule has 1 aliphatic heterocycles. The molecule has 126 valence electrons. The molecule has 3 rings (SSSR count). The van der Waals surface area contributed by atoms with E-state index in [1.165, 1.54) is 7.11 Å². The minimum Gasteiger partial charge on any atom is -0.467 e. The number of pyridine rings is 1. The highest BCUT2D eigenvalue weighted by molar-refractivity contribution is 5.83. The number of aromatic nitrogens is 3. The Hall–Kier alpha value is -2.90. The highest BCUT2D eigenvalue weighted by Gasteiger charge is 2.35. The number of urea groups is 1. The molecule has 0 fully saturated rings. The Labute approximate surface area is 139 Å². The van der Waals surface area contributed by atoms with Crippen molar-refractivity contribution in [3.63, 3.8) is 0 Å². The van der Waals surface area contributed by atoms with Gasteiger partial charge in [0.05, 0.1) is 19.1 Å². The van der Waals surface area contributed by atoms with Crippen LogP contribution in [0.5, 0.6) is 0 Å². The molecule has 0 spiro atoms. The number of aromatic amines is 1. The third-order valence-electron chi connectivity index (χ3n) is 4.08. The number of hydrogen-bond donors (Lipinski definition) is 2. The summed E-state index contributed by atoms with van der Waals surface area (Å²) in [6.45, 7) is 2.10. The lowest BCUT2D eigenvalue weighted by molar-refractivity contribution is -0.142. The quantitative estimate of drug-likeness (QED) is 0.819. The van der Waals surface area contributed by atoms with Crippen molar-refractivity contribution in [2.75, 3.05) is 13.7 Å². The first-order chi connectivity index (χ1) is 11.6. The smallest absolute Gasteiger partial charge is 0.328 e. The number of carbonyl (C=O) groups excluding carboxylic acids is 2.